The predicted molar refractivity (Wildman–Crippen MR) is 79.1 cm³/mol. The third-order valence-corrected chi connectivity index (χ3v) is 3.66. The highest BCUT2D eigenvalue weighted by Crippen LogP contribution is 2.14. The van der Waals surface area contributed by atoms with Crippen LogP contribution in [0.3, 0.4) is 0 Å². The summed E-state index contributed by atoms with van der Waals surface area (Å²) in [7, 11) is 0. The van der Waals surface area contributed by atoms with Gasteiger partial charge in [0.05, 0.1) is 23.9 Å². The lowest BCUT2D eigenvalue weighted by Gasteiger charge is -2.22. The average molecular weight is 286 g/mol. The van der Waals surface area contributed by atoms with Gasteiger partial charge in [-0.3, -0.25) is 4.68 Å². The summed E-state index contributed by atoms with van der Waals surface area (Å²) in [5.74, 6) is -0.295. The van der Waals surface area contributed by atoms with E-state index >= 15 is 0 Å². The maximum atomic E-state index is 13.7. The van der Waals surface area contributed by atoms with E-state index in [4.69, 9.17) is 5.26 Å². The molecule has 0 bridgehead atoms. The molecule has 4 nitrogen and oxygen atoms in total. The summed E-state index contributed by atoms with van der Waals surface area (Å²) in [5, 5.41) is 16.4. The van der Waals surface area contributed by atoms with Gasteiger partial charge in [-0.05, 0) is 44.5 Å². The molecule has 2 atom stereocenters. The smallest absolute Gasteiger partial charge is 0.127 e. The van der Waals surface area contributed by atoms with Crippen molar-refractivity contribution in [3.8, 4) is 6.07 Å². The minimum Gasteiger partial charge on any atom is -0.308 e. The topological polar surface area (TPSA) is 53.6 Å². The first-order valence-corrected chi connectivity index (χ1v) is 6.94. The molecule has 0 aliphatic rings. The fourth-order valence-corrected chi connectivity index (χ4v) is 2.11. The van der Waals surface area contributed by atoms with Gasteiger partial charge < -0.3 is 5.32 Å². The molecule has 5 heteroatoms. The number of hydrogen-bond donors (Lipinski definition) is 1. The molecule has 0 fully saturated rings. The van der Waals surface area contributed by atoms with Crippen molar-refractivity contribution in [3.63, 3.8) is 0 Å². The minimum absolute atomic E-state index is 0.120. The van der Waals surface area contributed by atoms with Gasteiger partial charge in [0.1, 0.15) is 5.82 Å². The summed E-state index contributed by atoms with van der Waals surface area (Å²) in [6.07, 6.45) is 3.80. The van der Waals surface area contributed by atoms with Crippen molar-refractivity contribution in [1.82, 2.24) is 15.1 Å². The van der Waals surface area contributed by atoms with E-state index in [-0.39, 0.29) is 17.9 Å². The summed E-state index contributed by atoms with van der Waals surface area (Å²) in [6, 6.07) is 6.70. The van der Waals surface area contributed by atoms with Gasteiger partial charge in [-0.15, -0.1) is 0 Å². The summed E-state index contributed by atoms with van der Waals surface area (Å²) < 4.78 is 15.6. The number of benzene rings is 1. The first-order chi connectivity index (χ1) is 10.0. The van der Waals surface area contributed by atoms with Crippen molar-refractivity contribution in [3.05, 3.63) is 53.1 Å². The van der Waals surface area contributed by atoms with Crippen molar-refractivity contribution >= 4 is 0 Å². The first kappa shape index (κ1) is 15.2. The van der Waals surface area contributed by atoms with Gasteiger partial charge in [0, 0.05) is 24.3 Å². The Kier molecular flexibility index (Phi) is 4.71. The fraction of sp³-hybridized carbons (Fsp3) is 0.375. The summed E-state index contributed by atoms with van der Waals surface area (Å²) in [5.41, 5.74) is 2.09. The monoisotopic (exact) mass is 286 g/mol. The van der Waals surface area contributed by atoms with Gasteiger partial charge in [0.2, 0.25) is 0 Å². The molecule has 21 heavy (non-hydrogen) atoms. The van der Waals surface area contributed by atoms with Gasteiger partial charge >= 0.3 is 0 Å². The highest BCUT2D eigenvalue weighted by atomic mass is 19.1. The Morgan fingerprint density at radius 1 is 1.43 bits per heavy atom. The van der Waals surface area contributed by atoms with E-state index in [2.05, 4.69) is 17.3 Å². The maximum absolute atomic E-state index is 13.7. The minimum atomic E-state index is -0.295. The Balaban J connectivity index is 2.01. The van der Waals surface area contributed by atoms with Crippen LogP contribution < -0.4 is 5.32 Å². The predicted octanol–water partition coefficient (Wildman–Crippen LogP) is 2.94. The SMILES string of the molecule is Cc1cnn([C@H](C)[C@@H](C)NCc2cc(C#N)ccc2F)c1. The van der Waals surface area contributed by atoms with Crippen molar-refractivity contribution in [2.45, 2.75) is 39.4 Å². The van der Waals surface area contributed by atoms with Crippen LogP contribution >= 0.6 is 0 Å². The van der Waals surface area contributed by atoms with Crippen molar-refractivity contribution in [2.24, 2.45) is 0 Å². The number of aromatic nitrogens is 2. The number of halogens is 1. The molecule has 1 N–H and O–H groups in total. The van der Waals surface area contributed by atoms with Gasteiger partial charge in [0.25, 0.3) is 0 Å². The quantitative estimate of drug-likeness (QED) is 0.919. The standard InChI is InChI=1S/C16H19FN4/c1-11-8-20-21(10-11)13(3)12(2)19-9-15-6-14(7-18)4-5-16(15)17/h4-6,8,10,12-13,19H,9H2,1-3H3/t12-,13-/m1/s1. The Morgan fingerprint density at radius 3 is 2.81 bits per heavy atom. The van der Waals surface area contributed by atoms with Gasteiger partial charge in [0.15, 0.2) is 0 Å². The molecule has 1 heterocycles. The molecular weight excluding hydrogens is 267 g/mol. The second-order valence-corrected chi connectivity index (χ2v) is 5.33. The zero-order valence-electron chi connectivity index (χ0n) is 12.5. The van der Waals surface area contributed by atoms with E-state index < -0.39 is 0 Å². The molecule has 0 aliphatic carbocycles. The summed E-state index contributed by atoms with van der Waals surface area (Å²) in [4.78, 5) is 0. The normalized spacial score (nSPS) is 13.7. The molecule has 1 aromatic heterocycles. The number of hydrogen-bond acceptors (Lipinski definition) is 3. The van der Waals surface area contributed by atoms with Crippen molar-refractivity contribution in [1.29, 1.82) is 5.26 Å². The van der Waals surface area contributed by atoms with Gasteiger partial charge in [-0.1, -0.05) is 0 Å². The van der Waals surface area contributed by atoms with Crippen LogP contribution in [0.2, 0.25) is 0 Å². The van der Waals surface area contributed by atoms with Crippen molar-refractivity contribution in [2.75, 3.05) is 0 Å². The second kappa shape index (κ2) is 6.51. The highest BCUT2D eigenvalue weighted by Gasteiger charge is 2.15. The first-order valence-electron chi connectivity index (χ1n) is 6.94. The Labute approximate surface area is 124 Å². The van der Waals surface area contributed by atoms with Crippen LogP contribution in [-0.2, 0) is 6.54 Å². The molecule has 1 aromatic carbocycles. The van der Waals surface area contributed by atoms with Crippen LogP contribution in [-0.4, -0.2) is 15.8 Å². The summed E-state index contributed by atoms with van der Waals surface area (Å²) in [6.45, 7) is 6.48. The van der Waals surface area contributed by atoms with E-state index in [1.807, 2.05) is 37.0 Å². The van der Waals surface area contributed by atoms with Crippen LogP contribution in [0.5, 0.6) is 0 Å². The molecule has 0 aliphatic heterocycles. The molecule has 0 amide bonds. The molecule has 0 unspecified atom stereocenters. The van der Waals surface area contributed by atoms with E-state index in [0.717, 1.165) is 5.56 Å². The molecule has 2 aromatic rings. The van der Waals surface area contributed by atoms with Crippen LogP contribution in [0.15, 0.2) is 30.6 Å². The highest BCUT2D eigenvalue weighted by molar-refractivity contribution is 5.33. The molecule has 0 saturated carbocycles. The fourth-order valence-electron chi connectivity index (χ4n) is 2.11. The number of nitrogens with one attached hydrogen (secondary N) is 1. The molecular formula is C16H19FN4. The average Bonchev–Trinajstić information content (AvgIpc) is 2.91. The number of rotatable bonds is 5. The second-order valence-electron chi connectivity index (χ2n) is 5.33. The van der Waals surface area contributed by atoms with Crippen LogP contribution in [0.1, 0.15) is 36.6 Å². The third kappa shape index (κ3) is 3.67. The van der Waals surface area contributed by atoms with E-state index in [9.17, 15) is 4.39 Å². The number of aryl methyl sites for hydroxylation is 1. The zero-order chi connectivity index (χ0) is 15.4. The molecule has 0 radical (unpaired) electrons. The van der Waals surface area contributed by atoms with Crippen LogP contribution in [0.25, 0.3) is 0 Å². The van der Waals surface area contributed by atoms with E-state index in [0.29, 0.717) is 17.7 Å². The lowest BCUT2D eigenvalue weighted by Crippen LogP contribution is -2.33. The molecule has 0 spiro atoms. The van der Waals surface area contributed by atoms with E-state index in [1.165, 1.54) is 12.1 Å². The molecule has 110 valence electrons. The maximum Gasteiger partial charge on any atom is 0.127 e. The van der Waals surface area contributed by atoms with Crippen LogP contribution in [0.4, 0.5) is 4.39 Å². The lowest BCUT2D eigenvalue weighted by molar-refractivity contribution is 0.363. The van der Waals surface area contributed by atoms with Gasteiger partial charge in [-0.2, -0.15) is 10.4 Å². The third-order valence-electron chi connectivity index (χ3n) is 3.66. The Bertz CT molecular complexity index is 657. The van der Waals surface area contributed by atoms with E-state index in [1.54, 1.807) is 6.07 Å². The number of nitrogens with zero attached hydrogens (tertiary/aromatic N) is 3. The lowest BCUT2D eigenvalue weighted by atomic mass is 10.1. The Morgan fingerprint density at radius 2 is 2.19 bits per heavy atom. The summed E-state index contributed by atoms with van der Waals surface area (Å²) >= 11 is 0. The van der Waals surface area contributed by atoms with Crippen LogP contribution in [0, 0.1) is 24.1 Å². The Hall–Kier alpha value is -2.19. The van der Waals surface area contributed by atoms with Gasteiger partial charge in [-0.25, -0.2) is 4.39 Å². The largest absolute Gasteiger partial charge is 0.308 e. The number of nitriles is 1. The van der Waals surface area contributed by atoms with Crippen molar-refractivity contribution < 1.29 is 4.39 Å². The molecule has 2 rings (SSSR count). The molecule has 0 saturated heterocycles. The zero-order valence-corrected chi connectivity index (χ0v) is 12.5.